The molecule has 0 saturated heterocycles. The molecule has 17 heavy (non-hydrogen) atoms. The average Bonchev–Trinajstić information content (AvgIpc) is 2.58. The number of carbonyl (C=O) groups excluding carboxylic acids is 2. The van der Waals surface area contributed by atoms with E-state index in [1.54, 1.807) is 10.8 Å². The van der Waals surface area contributed by atoms with Crippen LogP contribution in [0.15, 0.2) is 6.08 Å². The molecule has 4 nitrogen and oxygen atoms in total. The zero-order valence-electron chi connectivity index (χ0n) is 10.6. The standard InChI is InChI=1S/C13H17NO3/c1-5-6-7-14-10(3)9(2)11(8-15)12(14)13(16)17-4/h6-8H,5H2,1-4H3/b7-6+. The minimum atomic E-state index is -0.496. The lowest BCUT2D eigenvalue weighted by molar-refractivity contribution is 0.0589. The van der Waals surface area contributed by atoms with E-state index in [9.17, 15) is 9.59 Å². The summed E-state index contributed by atoms with van der Waals surface area (Å²) < 4.78 is 6.42. The largest absolute Gasteiger partial charge is 0.464 e. The third-order valence-corrected chi connectivity index (χ3v) is 2.79. The molecule has 92 valence electrons. The summed E-state index contributed by atoms with van der Waals surface area (Å²) >= 11 is 0. The van der Waals surface area contributed by atoms with Crippen molar-refractivity contribution in [1.29, 1.82) is 0 Å². The van der Waals surface area contributed by atoms with Gasteiger partial charge in [-0.05, 0) is 25.8 Å². The van der Waals surface area contributed by atoms with Crippen LogP contribution >= 0.6 is 0 Å². The lowest BCUT2D eigenvalue weighted by Gasteiger charge is -2.04. The zero-order chi connectivity index (χ0) is 13.0. The zero-order valence-corrected chi connectivity index (χ0v) is 10.6. The van der Waals surface area contributed by atoms with Crippen molar-refractivity contribution >= 4 is 18.5 Å². The van der Waals surface area contributed by atoms with Gasteiger partial charge < -0.3 is 9.30 Å². The van der Waals surface area contributed by atoms with Crippen molar-refractivity contribution in [1.82, 2.24) is 4.57 Å². The Morgan fingerprint density at radius 2 is 2.06 bits per heavy atom. The van der Waals surface area contributed by atoms with E-state index in [4.69, 9.17) is 4.74 Å². The molecular weight excluding hydrogens is 218 g/mol. The Hall–Kier alpha value is -1.84. The van der Waals surface area contributed by atoms with Crippen LogP contribution in [0.25, 0.3) is 6.20 Å². The second-order valence-corrected chi connectivity index (χ2v) is 3.75. The molecule has 1 heterocycles. The number of nitrogens with zero attached hydrogens (tertiary/aromatic N) is 1. The van der Waals surface area contributed by atoms with Gasteiger partial charge in [-0.3, -0.25) is 4.79 Å². The Balaban J connectivity index is 3.50. The summed E-state index contributed by atoms with van der Waals surface area (Å²) in [6.07, 6.45) is 5.27. The van der Waals surface area contributed by atoms with Crippen LogP contribution < -0.4 is 0 Å². The van der Waals surface area contributed by atoms with Crippen molar-refractivity contribution in [3.8, 4) is 0 Å². The van der Waals surface area contributed by atoms with Crippen LogP contribution in [0.2, 0.25) is 0 Å². The molecule has 0 saturated carbocycles. The van der Waals surface area contributed by atoms with E-state index in [2.05, 4.69) is 0 Å². The van der Waals surface area contributed by atoms with Gasteiger partial charge in [-0.15, -0.1) is 0 Å². The molecule has 0 bridgehead atoms. The number of rotatable bonds is 4. The van der Waals surface area contributed by atoms with E-state index in [1.165, 1.54) is 7.11 Å². The fourth-order valence-electron chi connectivity index (χ4n) is 1.70. The van der Waals surface area contributed by atoms with Crippen LogP contribution in [-0.4, -0.2) is 23.9 Å². The first-order valence-electron chi connectivity index (χ1n) is 5.49. The molecule has 0 fully saturated rings. The maximum absolute atomic E-state index is 11.7. The number of hydrogen-bond donors (Lipinski definition) is 0. The molecule has 1 aromatic heterocycles. The van der Waals surface area contributed by atoms with Crippen LogP contribution in [0.3, 0.4) is 0 Å². The van der Waals surface area contributed by atoms with E-state index >= 15 is 0 Å². The van der Waals surface area contributed by atoms with Crippen molar-refractivity contribution in [3.63, 3.8) is 0 Å². The molecule has 0 aliphatic rings. The van der Waals surface area contributed by atoms with Crippen LogP contribution in [0.5, 0.6) is 0 Å². The Bertz CT molecular complexity index is 469. The topological polar surface area (TPSA) is 48.3 Å². The SMILES string of the molecule is CC/C=C/n1c(C)c(C)c(C=O)c1C(=O)OC. The van der Waals surface area contributed by atoms with Gasteiger partial charge in [0.2, 0.25) is 0 Å². The highest BCUT2D eigenvalue weighted by Crippen LogP contribution is 2.21. The minimum absolute atomic E-state index is 0.294. The van der Waals surface area contributed by atoms with E-state index in [0.29, 0.717) is 17.5 Å². The normalized spacial score (nSPS) is 10.8. The number of allylic oxidation sites excluding steroid dienone is 1. The second kappa shape index (κ2) is 5.48. The van der Waals surface area contributed by atoms with Crippen molar-refractivity contribution in [3.05, 3.63) is 28.6 Å². The van der Waals surface area contributed by atoms with Crippen LogP contribution in [0, 0.1) is 13.8 Å². The average molecular weight is 235 g/mol. The van der Waals surface area contributed by atoms with Crippen LogP contribution in [0.4, 0.5) is 0 Å². The van der Waals surface area contributed by atoms with Crippen LogP contribution in [-0.2, 0) is 4.74 Å². The highest BCUT2D eigenvalue weighted by Gasteiger charge is 2.22. The van der Waals surface area contributed by atoms with Crippen molar-refractivity contribution < 1.29 is 14.3 Å². The fraction of sp³-hybridized carbons (Fsp3) is 0.385. The Kier molecular flexibility index (Phi) is 4.26. The van der Waals surface area contributed by atoms with Gasteiger partial charge in [0.25, 0.3) is 0 Å². The molecule has 0 aliphatic carbocycles. The summed E-state index contributed by atoms with van der Waals surface area (Å²) in [5.41, 5.74) is 2.37. The predicted octanol–water partition coefficient (Wildman–Crippen LogP) is 2.58. The summed E-state index contributed by atoms with van der Waals surface area (Å²) in [6.45, 7) is 5.69. The third kappa shape index (κ3) is 2.30. The predicted molar refractivity (Wildman–Crippen MR) is 66.3 cm³/mol. The van der Waals surface area contributed by atoms with Gasteiger partial charge in [0, 0.05) is 11.9 Å². The fourth-order valence-corrected chi connectivity index (χ4v) is 1.70. The number of methoxy groups -OCH3 is 1. The Labute approximate surface area is 101 Å². The van der Waals surface area contributed by atoms with Gasteiger partial charge in [-0.25, -0.2) is 4.79 Å². The molecule has 0 aliphatic heterocycles. The van der Waals surface area contributed by atoms with Gasteiger partial charge in [-0.1, -0.05) is 13.0 Å². The molecule has 0 radical (unpaired) electrons. The smallest absolute Gasteiger partial charge is 0.355 e. The van der Waals surface area contributed by atoms with Gasteiger partial charge in [-0.2, -0.15) is 0 Å². The third-order valence-electron chi connectivity index (χ3n) is 2.79. The number of aromatic nitrogens is 1. The van der Waals surface area contributed by atoms with Crippen molar-refractivity contribution in [2.45, 2.75) is 27.2 Å². The lowest BCUT2D eigenvalue weighted by Crippen LogP contribution is -2.10. The van der Waals surface area contributed by atoms with Gasteiger partial charge in [0.15, 0.2) is 6.29 Å². The summed E-state index contributed by atoms with van der Waals surface area (Å²) in [5, 5.41) is 0. The molecule has 0 spiro atoms. The number of carbonyl (C=O) groups is 2. The molecule has 0 unspecified atom stereocenters. The second-order valence-electron chi connectivity index (χ2n) is 3.75. The van der Waals surface area contributed by atoms with Gasteiger partial charge in [0.1, 0.15) is 5.69 Å². The van der Waals surface area contributed by atoms with Crippen molar-refractivity contribution in [2.24, 2.45) is 0 Å². The van der Waals surface area contributed by atoms with E-state index in [-0.39, 0.29) is 0 Å². The lowest BCUT2D eigenvalue weighted by atomic mass is 10.1. The number of esters is 1. The van der Waals surface area contributed by atoms with E-state index < -0.39 is 5.97 Å². The molecule has 0 atom stereocenters. The van der Waals surface area contributed by atoms with E-state index in [0.717, 1.165) is 17.7 Å². The van der Waals surface area contributed by atoms with E-state index in [1.807, 2.05) is 26.8 Å². The summed E-state index contributed by atoms with van der Waals surface area (Å²) in [7, 11) is 1.31. The van der Waals surface area contributed by atoms with Gasteiger partial charge >= 0.3 is 5.97 Å². The Morgan fingerprint density at radius 3 is 2.53 bits per heavy atom. The molecule has 4 heteroatoms. The van der Waals surface area contributed by atoms with Crippen LogP contribution in [0.1, 0.15) is 45.4 Å². The molecule has 1 aromatic rings. The number of hydrogen-bond acceptors (Lipinski definition) is 3. The summed E-state index contributed by atoms with van der Waals surface area (Å²) in [4.78, 5) is 22.8. The van der Waals surface area contributed by atoms with Gasteiger partial charge in [0.05, 0.1) is 12.7 Å². The molecular formula is C13H17NO3. The molecule has 1 rings (SSSR count). The first-order chi connectivity index (χ1) is 8.08. The molecule has 0 N–H and O–H groups in total. The first kappa shape index (κ1) is 13.2. The quantitative estimate of drug-likeness (QED) is 0.595. The maximum Gasteiger partial charge on any atom is 0.355 e. The number of aldehydes is 1. The monoisotopic (exact) mass is 235 g/mol. The van der Waals surface area contributed by atoms with Crippen molar-refractivity contribution in [2.75, 3.05) is 7.11 Å². The maximum atomic E-state index is 11.7. The summed E-state index contributed by atoms with van der Waals surface area (Å²) in [6, 6.07) is 0. The molecule has 0 amide bonds. The minimum Gasteiger partial charge on any atom is -0.464 e. The Morgan fingerprint density at radius 1 is 1.41 bits per heavy atom. The number of ether oxygens (including phenoxy) is 1. The summed E-state index contributed by atoms with van der Waals surface area (Å²) in [5.74, 6) is -0.496. The highest BCUT2D eigenvalue weighted by molar-refractivity contribution is 5.99. The first-order valence-corrected chi connectivity index (χ1v) is 5.49. The molecule has 0 aromatic carbocycles. The highest BCUT2D eigenvalue weighted by atomic mass is 16.5.